The van der Waals surface area contributed by atoms with Crippen LogP contribution in [-0.2, 0) is 14.3 Å². The quantitative estimate of drug-likeness (QED) is 0.719. The molecule has 2 aromatic carbocycles. The Bertz CT molecular complexity index is 836. The molecule has 1 unspecified atom stereocenters. The van der Waals surface area contributed by atoms with Crippen LogP contribution >= 0.6 is 0 Å². The Balaban J connectivity index is 1.56. The average Bonchev–Trinajstić information content (AvgIpc) is 3.11. The number of carbonyl (C=O) groups is 3. The first kappa shape index (κ1) is 19.6. The maximum atomic E-state index is 12.5. The van der Waals surface area contributed by atoms with Gasteiger partial charge in [-0.2, -0.15) is 0 Å². The van der Waals surface area contributed by atoms with Gasteiger partial charge in [0.2, 0.25) is 11.8 Å². The molecular formula is C21H23N3O4. The molecule has 0 saturated carbocycles. The van der Waals surface area contributed by atoms with Crippen molar-refractivity contribution in [3.05, 3.63) is 60.2 Å². The highest BCUT2D eigenvalue weighted by atomic mass is 16.5. The summed E-state index contributed by atoms with van der Waals surface area (Å²) >= 11 is 0. The van der Waals surface area contributed by atoms with E-state index in [1.807, 2.05) is 30.3 Å². The van der Waals surface area contributed by atoms with E-state index in [0.29, 0.717) is 30.9 Å². The van der Waals surface area contributed by atoms with Crippen molar-refractivity contribution in [3.63, 3.8) is 0 Å². The van der Waals surface area contributed by atoms with Crippen LogP contribution in [0.3, 0.4) is 0 Å². The second-order valence-electron chi connectivity index (χ2n) is 6.56. The van der Waals surface area contributed by atoms with Gasteiger partial charge in [0.05, 0.1) is 12.5 Å². The molecule has 7 nitrogen and oxygen atoms in total. The van der Waals surface area contributed by atoms with Crippen LogP contribution in [0.1, 0.15) is 16.8 Å². The smallest absolute Gasteiger partial charge is 0.251 e. The number of ether oxygens (including phenoxy) is 1. The van der Waals surface area contributed by atoms with Crippen molar-refractivity contribution >= 4 is 29.1 Å². The van der Waals surface area contributed by atoms with Crippen LogP contribution < -0.4 is 15.5 Å². The molecule has 0 radical (unpaired) electrons. The molecule has 0 aliphatic carbocycles. The fourth-order valence-corrected chi connectivity index (χ4v) is 3.06. The number of nitrogens with zero attached hydrogens (tertiary/aromatic N) is 1. The molecule has 1 heterocycles. The highest BCUT2D eigenvalue weighted by Crippen LogP contribution is 2.25. The summed E-state index contributed by atoms with van der Waals surface area (Å²) in [5.41, 5.74) is 1.89. The number of hydrogen-bond donors (Lipinski definition) is 2. The second kappa shape index (κ2) is 9.14. The van der Waals surface area contributed by atoms with Crippen molar-refractivity contribution in [2.75, 3.05) is 37.0 Å². The zero-order valence-corrected chi connectivity index (χ0v) is 15.7. The van der Waals surface area contributed by atoms with E-state index in [1.54, 1.807) is 36.3 Å². The Hall–Kier alpha value is -3.19. The summed E-state index contributed by atoms with van der Waals surface area (Å²) in [6.45, 7) is 1.23. The predicted octanol–water partition coefficient (Wildman–Crippen LogP) is 2.05. The van der Waals surface area contributed by atoms with Crippen molar-refractivity contribution in [1.82, 2.24) is 5.32 Å². The molecular weight excluding hydrogens is 358 g/mol. The summed E-state index contributed by atoms with van der Waals surface area (Å²) in [4.78, 5) is 38.4. The molecule has 3 amide bonds. The van der Waals surface area contributed by atoms with Crippen LogP contribution in [0.4, 0.5) is 11.4 Å². The molecule has 1 atom stereocenters. The number of rotatable bonds is 7. The van der Waals surface area contributed by atoms with Gasteiger partial charge >= 0.3 is 0 Å². The summed E-state index contributed by atoms with van der Waals surface area (Å²) in [6, 6.07) is 16.0. The van der Waals surface area contributed by atoms with E-state index in [1.165, 1.54) is 0 Å². The van der Waals surface area contributed by atoms with Crippen molar-refractivity contribution < 1.29 is 19.1 Å². The Kier molecular flexibility index (Phi) is 6.39. The molecule has 2 aromatic rings. The lowest BCUT2D eigenvalue weighted by atomic mass is 10.1. The fourth-order valence-electron chi connectivity index (χ4n) is 3.06. The first-order chi connectivity index (χ1) is 13.6. The van der Waals surface area contributed by atoms with Crippen LogP contribution in [0.15, 0.2) is 54.6 Å². The molecule has 146 valence electrons. The number of hydrogen-bond acceptors (Lipinski definition) is 4. The number of benzene rings is 2. The van der Waals surface area contributed by atoms with Gasteiger partial charge in [-0.05, 0) is 36.4 Å². The minimum atomic E-state index is -0.412. The lowest BCUT2D eigenvalue weighted by molar-refractivity contribution is -0.122. The highest BCUT2D eigenvalue weighted by molar-refractivity contribution is 6.03. The third-order valence-corrected chi connectivity index (χ3v) is 4.57. The number of methoxy groups -OCH3 is 1. The minimum Gasteiger partial charge on any atom is -0.383 e. The normalized spacial score (nSPS) is 16.1. The summed E-state index contributed by atoms with van der Waals surface area (Å²) in [7, 11) is 1.57. The molecule has 1 saturated heterocycles. The SMILES string of the molecule is COCCNC(=O)c1ccc(NC(=O)C2CC(=O)N(c3ccccc3)C2)cc1. The third kappa shape index (κ3) is 4.75. The molecule has 0 aromatic heterocycles. The molecule has 1 aliphatic rings. The number of nitrogens with one attached hydrogen (secondary N) is 2. The zero-order valence-electron chi connectivity index (χ0n) is 15.7. The van der Waals surface area contributed by atoms with Crippen LogP contribution in [-0.4, -0.2) is 44.5 Å². The van der Waals surface area contributed by atoms with Crippen molar-refractivity contribution in [2.24, 2.45) is 5.92 Å². The van der Waals surface area contributed by atoms with Gasteiger partial charge in [0, 0.05) is 43.6 Å². The molecule has 2 N–H and O–H groups in total. The fraction of sp³-hybridized carbons (Fsp3) is 0.286. The first-order valence-electron chi connectivity index (χ1n) is 9.12. The van der Waals surface area contributed by atoms with Crippen molar-refractivity contribution in [3.8, 4) is 0 Å². The first-order valence-corrected chi connectivity index (χ1v) is 9.12. The molecule has 28 heavy (non-hydrogen) atoms. The maximum Gasteiger partial charge on any atom is 0.251 e. The molecule has 1 fully saturated rings. The molecule has 7 heteroatoms. The van der Waals surface area contributed by atoms with Gasteiger partial charge in [0.1, 0.15) is 0 Å². The van der Waals surface area contributed by atoms with Crippen molar-refractivity contribution in [2.45, 2.75) is 6.42 Å². The van der Waals surface area contributed by atoms with Crippen LogP contribution in [0.5, 0.6) is 0 Å². The lowest BCUT2D eigenvalue weighted by Gasteiger charge is -2.16. The van der Waals surface area contributed by atoms with Crippen LogP contribution in [0.25, 0.3) is 0 Å². The van der Waals surface area contributed by atoms with Gasteiger partial charge in [0.15, 0.2) is 0 Å². The predicted molar refractivity (Wildman–Crippen MR) is 106 cm³/mol. The van der Waals surface area contributed by atoms with E-state index in [9.17, 15) is 14.4 Å². The van der Waals surface area contributed by atoms with E-state index in [-0.39, 0.29) is 24.1 Å². The van der Waals surface area contributed by atoms with Gasteiger partial charge in [0.25, 0.3) is 5.91 Å². The van der Waals surface area contributed by atoms with E-state index >= 15 is 0 Å². The molecule has 1 aliphatic heterocycles. The number of anilines is 2. The zero-order chi connectivity index (χ0) is 19.9. The van der Waals surface area contributed by atoms with E-state index in [4.69, 9.17) is 4.74 Å². The molecule has 0 bridgehead atoms. The Labute approximate surface area is 163 Å². The van der Waals surface area contributed by atoms with Gasteiger partial charge in [-0.1, -0.05) is 18.2 Å². The molecule has 0 spiro atoms. The van der Waals surface area contributed by atoms with E-state index < -0.39 is 5.92 Å². The maximum absolute atomic E-state index is 12.5. The van der Waals surface area contributed by atoms with Gasteiger partial charge in [-0.25, -0.2) is 0 Å². The van der Waals surface area contributed by atoms with Crippen LogP contribution in [0.2, 0.25) is 0 Å². The summed E-state index contributed by atoms with van der Waals surface area (Å²) in [6.07, 6.45) is 0.181. The van der Waals surface area contributed by atoms with Gasteiger partial charge in [-0.3, -0.25) is 14.4 Å². The Morgan fingerprint density at radius 3 is 2.50 bits per heavy atom. The Morgan fingerprint density at radius 2 is 1.82 bits per heavy atom. The minimum absolute atomic E-state index is 0.0607. The number of amides is 3. The van der Waals surface area contributed by atoms with E-state index in [2.05, 4.69) is 10.6 Å². The third-order valence-electron chi connectivity index (χ3n) is 4.57. The van der Waals surface area contributed by atoms with Crippen molar-refractivity contribution in [1.29, 1.82) is 0 Å². The lowest BCUT2D eigenvalue weighted by Crippen LogP contribution is -2.28. The molecule has 3 rings (SSSR count). The topological polar surface area (TPSA) is 87.7 Å². The van der Waals surface area contributed by atoms with Gasteiger partial charge in [-0.15, -0.1) is 0 Å². The second-order valence-corrected chi connectivity index (χ2v) is 6.56. The number of para-hydroxylation sites is 1. The van der Waals surface area contributed by atoms with Crippen LogP contribution in [0, 0.1) is 5.92 Å². The van der Waals surface area contributed by atoms with E-state index in [0.717, 1.165) is 5.69 Å². The largest absolute Gasteiger partial charge is 0.383 e. The summed E-state index contributed by atoms with van der Waals surface area (Å²) < 4.78 is 4.89. The summed E-state index contributed by atoms with van der Waals surface area (Å²) in [5.74, 6) is -0.877. The highest BCUT2D eigenvalue weighted by Gasteiger charge is 2.35. The Morgan fingerprint density at radius 1 is 1.11 bits per heavy atom. The monoisotopic (exact) mass is 381 g/mol. The summed E-state index contributed by atoms with van der Waals surface area (Å²) in [5, 5.41) is 5.56. The number of carbonyl (C=O) groups excluding carboxylic acids is 3. The average molecular weight is 381 g/mol. The van der Waals surface area contributed by atoms with Gasteiger partial charge < -0.3 is 20.3 Å². The standard InChI is InChI=1S/C21H23N3O4/c1-28-12-11-22-20(26)15-7-9-17(10-8-15)23-21(27)16-13-19(25)24(14-16)18-5-3-2-4-6-18/h2-10,16H,11-14H2,1H3,(H,22,26)(H,23,27).